The van der Waals surface area contributed by atoms with E-state index in [1.165, 1.54) is 0 Å². The van der Waals surface area contributed by atoms with Crippen LogP contribution in [0.1, 0.15) is 40.5 Å². The van der Waals surface area contributed by atoms with Crippen LogP contribution in [-0.4, -0.2) is 60.1 Å². The average molecular weight is 529 g/mol. The van der Waals surface area contributed by atoms with Crippen LogP contribution in [0, 0.1) is 0 Å². The monoisotopic (exact) mass is 528 g/mol. The molecule has 0 radical (unpaired) electrons. The second-order valence-electron chi connectivity index (χ2n) is 9.20. The normalized spacial score (nSPS) is 15.0. The number of hydrogen-bond acceptors (Lipinski definition) is 7. The molecule has 1 fully saturated rings. The smallest absolute Gasteiger partial charge is 0.312 e. The van der Waals surface area contributed by atoms with Crippen LogP contribution < -0.4 is 22.1 Å². The Bertz CT molecular complexity index is 1320. The molecule has 2 heterocycles. The van der Waals surface area contributed by atoms with Crippen molar-refractivity contribution in [2.45, 2.75) is 24.9 Å². The van der Waals surface area contributed by atoms with Crippen molar-refractivity contribution in [2.24, 2.45) is 5.73 Å². The van der Waals surface area contributed by atoms with Crippen molar-refractivity contribution in [3.8, 4) is 0 Å². The Kier molecular flexibility index (Phi) is 9.42. The van der Waals surface area contributed by atoms with E-state index in [-0.39, 0.29) is 11.7 Å². The van der Waals surface area contributed by atoms with Crippen molar-refractivity contribution >= 4 is 34.8 Å². The fraction of sp³-hybridized carbons (Fsp3) is 0.276. The van der Waals surface area contributed by atoms with Crippen molar-refractivity contribution in [3.63, 3.8) is 0 Å². The van der Waals surface area contributed by atoms with Crippen molar-refractivity contribution in [3.05, 3.63) is 89.7 Å². The molecule has 2 unspecified atom stereocenters. The molecule has 202 valence electrons. The molecule has 3 aromatic rings. The van der Waals surface area contributed by atoms with Gasteiger partial charge in [0.1, 0.15) is 11.6 Å². The number of pyridine rings is 1. The van der Waals surface area contributed by atoms with Gasteiger partial charge in [-0.05, 0) is 42.2 Å². The largest absolute Gasteiger partial charge is 0.397 e. The molecule has 0 bridgehead atoms. The topological polar surface area (TPSA) is 153 Å². The van der Waals surface area contributed by atoms with Gasteiger partial charge in [-0.25, -0.2) is 9.59 Å². The Hall–Kier alpha value is -4.50. The van der Waals surface area contributed by atoms with Gasteiger partial charge < -0.3 is 26.8 Å². The Balaban J connectivity index is 1.52. The number of aromatic nitrogens is 1. The minimum absolute atomic E-state index is 0.196. The number of rotatable bonds is 10. The van der Waals surface area contributed by atoms with Gasteiger partial charge in [-0.1, -0.05) is 48.5 Å². The van der Waals surface area contributed by atoms with Crippen LogP contribution in [0.15, 0.2) is 72.9 Å². The Morgan fingerprint density at radius 2 is 1.72 bits per heavy atom. The number of morpholine rings is 1. The Labute approximate surface area is 227 Å². The van der Waals surface area contributed by atoms with E-state index in [1.54, 1.807) is 42.6 Å². The van der Waals surface area contributed by atoms with Crippen LogP contribution in [-0.2, 0) is 9.53 Å². The number of para-hydroxylation sites is 2. The summed E-state index contributed by atoms with van der Waals surface area (Å²) in [5.41, 5.74) is 14.6. The molecule has 39 heavy (non-hydrogen) atoms. The number of anilines is 2. The van der Waals surface area contributed by atoms with E-state index in [4.69, 9.17) is 16.2 Å². The van der Waals surface area contributed by atoms with Gasteiger partial charge in [-0.2, -0.15) is 0 Å². The number of carbonyl (C=O) groups excluding carboxylic acids is 3. The molecule has 6 N–H and O–H groups in total. The van der Waals surface area contributed by atoms with Crippen LogP contribution in [0.5, 0.6) is 0 Å². The molecular weight excluding hydrogens is 496 g/mol. The van der Waals surface area contributed by atoms with Gasteiger partial charge in [0, 0.05) is 25.3 Å². The summed E-state index contributed by atoms with van der Waals surface area (Å²) in [4.78, 5) is 43.2. The maximum absolute atomic E-state index is 12.7. The number of nitrogen functional groups attached to an aromatic ring is 1. The number of hydrogen-bond donors (Lipinski definition) is 4. The molecule has 0 aliphatic carbocycles. The first kappa shape index (κ1) is 27.5. The second kappa shape index (κ2) is 13.3. The van der Waals surface area contributed by atoms with E-state index in [0.29, 0.717) is 61.7 Å². The van der Waals surface area contributed by atoms with Crippen LogP contribution >= 0.6 is 0 Å². The van der Waals surface area contributed by atoms with Crippen LogP contribution in [0.2, 0.25) is 0 Å². The van der Waals surface area contributed by atoms with Gasteiger partial charge in [0.2, 0.25) is 0 Å². The number of benzene rings is 2. The van der Waals surface area contributed by atoms with Gasteiger partial charge in [-0.15, -0.1) is 0 Å². The Morgan fingerprint density at radius 1 is 1.00 bits per heavy atom. The summed E-state index contributed by atoms with van der Waals surface area (Å²) >= 11 is 0. The zero-order chi connectivity index (χ0) is 27.6. The van der Waals surface area contributed by atoms with Gasteiger partial charge in [0.25, 0.3) is 5.91 Å². The molecule has 2 aromatic carbocycles. The number of amides is 3. The van der Waals surface area contributed by atoms with Crippen LogP contribution in [0.3, 0.4) is 0 Å². The van der Waals surface area contributed by atoms with E-state index in [9.17, 15) is 14.4 Å². The summed E-state index contributed by atoms with van der Waals surface area (Å²) < 4.78 is 5.52. The summed E-state index contributed by atoms with van der Waals surface area (Å²) in [6, 6.07) is 18.3. The standard InChI is InChI=1S/C29H32N6O4/c30-23-8-4-5-9-25(23)33-28(37)26-11-10-21(18-32-26)24(34-29(31)38)12-13-27(35-14-16-39-17-15-35)22(19-36)20-6-2-1-3-7-20/h1-11,18,24,27H,12-17,30H2,(H,33,37)(H3,31,34,38). The number of nitrogens with two attached hydrogens (primary N) is 2. The lowest BCUT2D eigenvalue weighted by molar-refractivity contribution is 0.0254. The van der Waals surface area contributed by atoms with Gasteiger partial charge in [0.15, 0.2) is 0 Å². The molecule has 0 spiro atoms. The van der Waals surface area contributed by atoms with E-state index in [0.717, 1.165) is 5.56 Å². The molecule has 4 rings (SSSR count). The van der Waals surface area contributed by atoms with Crippen molar-refractivity contribution in [1.29, 1.82) is 0 Å². The van der Waals surface area contributed by atoms with Gasteiger partial charge in [0.05, 0.1) is 36.2 Å². The summed E-state index contributed by atoms with van der Waals surface area (Å²) in [5, 5.41) is 5.53. The van der Waals surface area contributed by atoms with Crippen LogP contribution in [0.25, 0.3) is 5.57 Å². The van der Waals surface area contributed by atoms with Crippen molar-refractivity contribution in [2.75, 3.05) is 37.4 Å². The van der Waals surface area contributed by atoms with E-state index in [1.807, 2.05) is 30.3 Å². The molecule has 2 atom stereocenters. The Morgan fingerprint density at radius 3 is 2.36 bits per heavy atom. The van der Waals surface area contributed by atoms with Crippen molar-refractivity contribution in [1.82, 2.24) is 15.2 Å². The number of nitrogens with zero attached hydrogens (tertiary/aromatic N) is 2. The molecule has 10 heteroatoms. The lowest BCUT2D eigenvalue weighted by atomic mass is 9.91. The molecular formula is C29H32N6O4. The highest BCUT2D eigenvalue weighted by Crippen LogP contribution is 2.28. The first-order valence-corrected chi connectivity index (χ1v) is 12.8. The number of ether oxygens (including phenoxy) is 1. The lowest BCUT2D eigenvalue weighted by Gasteiger charge is -2.35. The first-order valence-electron chi connectivity index (χ1n) is 12.8. The minimum atomic E-state index is -0.682. The number of urea groups is 1. The summed E-state index contributed by atoms with van der Waals surface area (Å²) in [7, 11) is 0. The number of primary amides is 1. The van der Waals surface area contributed by atoms with Gasteiger partial charge in [-0.3, -0.25) is 14.7 Å². The maximum atomic E-state index is 12.7. The highest BCUT2D eigenvalue weighted by molar-refractivity contribution is 6.04. The first-order chi connectivity index (χ1) is 19.0. The predicted molar refractivity (Wildman–Crippen MR) is 149 cm³/mol. The van der Waals surface area contributed by atoms with Crippen LogP contribution in [0.4, 0.5) is 16.2 Å². The third-order valence-electron chi connectivity index (χ3n) is 6.69. The van der Waals surface area contributed by atoms with E-state index >= 15 is 0 Å². The van der Waals surface area contributed by atoms with E-state index < -0.39 is 18.0 Å². The molecule has 1 aliphatic rings. The highest BCUT2D eigenvalue weighted by atomic mass is 16.5. The fourth-order valence-corrected chi connectivity index (χ4v) is 4.70. The molecule has 1 aromatic heterocycles. The third kappa shape index (κ3) is 7.30. The zero-order valence-corrected chi connectivity index (χ0v) is 21.5. The molecule has 1 saturated heterocycles. The molecule has 0 saturated carbocycles. The van der Waals surface area contributed by atoms with Gasteiger partial charge >= 0.3 is 6.03 Å². The summed E-state index contributed by atoms with van der Waals surface area (Å²) in [5.74, 6) is 1.76. The molecule has 3 amide bonds. The summed E-state index contributed by atoms with van der Waals surface area (Å²) in [6.07, 6.45) is 2.55. The number of carbonyl (C=O) groups is 2. The highest BCUT2D eigenvalue weighted by Gasteiger charge is 2.28. The minimum Gasteiger partial charge on any atom is -0.397 e. The molecule has 1 aliphatic heterocycles. The van der Waals surface area contributed by atoms with Crippen molar-refractivity contribution < 1.29 is 19.1 Å². The SMILES string of the molecule is NC(=O)NC(CCC(C(=C=O)c1ccccc1)N1CCOCC1)c1ccc(C(=O)Nc2ccccc2N)nc1. The zero-order valence-electron chi connectivity index (χ0n) is 21.5. The molecule has 10 nitrogen and oxygen atoms in total. The fourth-order valence-electron chi connectivity index (χ4n) is 4.70. The quantitative estimate of drug-likeness (QED) is 0.233. The lowest BCUT2D eigenvalue weighted by Crippen LogP contribution is -2.44. The number of nitrogens with one attached hydrogen (secondary N) is 2. The summed E-state index contributed by atoms with van der Waals surface area (Å²) in [6.45, 7) is 2.49. The second-order valence-corrected chi connectivity index (χ2v) is 9.20. The maximum Gasteiger partial charge on any atom is 0.312 e. The third-order valence-corrected chi connectivity index (χ3v) is 6.69. The average Bonchev–Trinajstić information content (AvgIpc) is 2.96. The predicted octanol–water partition coefficient (Wildman–Crippen LogP) is 3.02. The van der Waals surface area contributed by atoms with E-state index in [2.05, 4.69) is 26.5 Å².